The zero-order valence-corrected chi connectivity index (χ0v) is 17.3. The standard InChI is InChI=1S/C21H26N8O2/c22-7-17(12-30)29-10-15-9-24-20(23-8-14-1-2-14)26-18(15)21(19(29)31)4-6-28(13-21)11-16-3-5-25-27-16/h3,5,7,9,12,14H,1-2,4,6,8,10-11,13,22H2,(H,25,27)(H,23,24,26)/b17-7+. The van der Waals surface area contributed by atoms with E-state index in [9.17, 15) is 9.59 Å². The number of nitrogens with two attached hydrogens (primary N) is 1. The summed E-state index contributed by atoms with van der Waals surface area (Å²) >= 11 is 0. The molecule has 3 aliphatic rings. The van der Waals surface area contributed by atoms with Gasteiger partial charge in [-0.15, -0.1) is 0 Å². The summed E-state index contributed by atoms with van der Waals surface area (Å²) in [6, 6.07) is 1.93. The molecule has 4 N–H and O–H groups in total. The van der Waals surface area contributed by atoms with Crippen molar-refractivity contribution >= 4 is 18.1 Å². The average molecular weight is 422 g/mol. The molecule has 1 spiro atoms. The van der Waals surface area contributed by atoms with Crippen LogP contribution >= 0.6 is 0 Å². The van der Waals surface area contributed by atoms with Gasteiger partial charge >= 0.3 is 0 Å². The molecule has 2 aromatic heterocycles. The number of amides is 1. The number of carbonyl (C=O) groups excluding carboxylic acids is 2. The molecule has 1 amide bonds. The molecule has 1 aliphatic carbocycles. The molecule has 1 saturated carbocycles. The van der Waals surface area contributed by atoms with Gasteiger partial charge in [0.15, 0.2) is 6.29 Å². The number of aromatic nitrogens is 4. The molecule has 31 heavy (non-hydrogen) atoms. The summed E-state index contributed by atoms with van der Waals surface area (Å²) in [4.78, 5) is 38.3. The van der Waals surface area contributed by atoms with E-state index in [2.05, 4.69) is 25.4 Å². The smallest absolute Gasteiger partial charge is 0.241 e. The van der Waals surface area contributed by atoms with Gasteiger partial charge in [0.1, 0.15) is 5.41 Å². The summed E-state index contributed by atoms with van der Waals surface area (Å²) < 4.78 is 0. The average Bonchev–Trinajstić information content (AvgIpc) is 3.30. The molecule has 0 bridgehead atoms. The van der Waals surface area contributed by atoms with Crippen molar-refractivity contribution in [2.45, 2.75) is 37.8 Å². The van der Waals surface area contributed by atoms with Crippen LogP contribution in [-0.2, 0) is 28.1 Å². The Labute approximate surface area is 179 Å². The van der Waals surface area contributed by atoms with Gasteiger partial charge in [0.2, 0.25) is 11.9 Å². The molecule has 10 nitrogen and oxygen atoms in total. The maximum Gasteiger partial charge on any atom is 0.241 e. The second-order valence-electron chi connectivity index (χ2n) is 8.62. The minimum absolute atomic E-state index is 0.136. The molecule has 10 heteroatoms. The molecule has 0 aromatic carbocycles. The van der Waals surface area contributed by atoms with Crippen LogP contribution in [0.2, 0.25) is 0 Å². The van der Waals surface area contributed by atoms with Crippen molar-refractivity contribution < 1.29 is 9.59 Å². The molecular formula is C21H26N8O2. The van der Waals surface area contributed by atoms with E-state index in [-0.39, 0.29) is 18.1 Å². The van der Waals surface area contributed by atoms with Crippen molar-refractivity contribution in [3.63, 3.8) is 0 Å². The van der Waals surface area contributed by atoms with Crippen LogP contribution in [-0.4, -0.2) is 61.8 Å². The molecular weight excluding hydrogens is 396 g/mol. The van der Waals surface area contributed by atoms with Crippen LogP contribution in [0.15, 0.2) is 30.4 Å². The monoisotopic (exact) mass is 422 g/mol. The van der Waals surface area contributed by atoms with Gasteiger partial charge in [-0.2, -0.15) is 5.10 Å². The Morgan fingerprint density at radius 2 is 2.29 bits per heavy atom. The fourth-order valence-corrected chi connectivity index (χ4v) is 4.59. The number of fused-ring (bicyclic) bond motifs is 2. The summed E-state index contributed by atoms with van der Waals surface area (Å²) in [6.45, 7) is 2.99. The lowest BCUT2D eigenvalue weighted by Gasteiger charge is -2.39. The molecule has 1 saturated heterocycles. The third kappa shape index (κ3) is 3.56. The number of anilines is 1. The van der Waals surface area contributed by atoms with Gasteiger partial charge in [-0.05, 0) is 31.2 Å². The van der Waals surface area contributed by atoms with Crippen LogP contribution in [0.4, 0.5) is 5.95 Å². The van der Waals surface area contributed by atoms with E-state index in [0.29, 0.717) is 37.7 Å². The number of nitrogens with one attached hydrogen (secondary N) is 2. The number of allylic oxidation sites excluding steroid dienone is 1. The number of likely N-dealkylation sites (tertiary alicyclic amines) is 1. The highest BCUT2D eigenvalue weighted by Gasteiger charge is 2.53. The van der Waals surface area contributed by atoms with E-state index < -0.39 is 5.41 Å². The van der Waals surface area contributed by atoms with Gasteiger partial charge in [-0.1, -0.05) is 0 Å². The number of nitrogens with zero attached hydrogens (tertiary/aromatic N) is 5. The third-order valence-corrected chi connectivity index (χ3v) is 6.45. The number of carbonyl (C=O) groups is 2. The first-order chi connectivity index (χ1) is 15.1. The fourth-order valence-electron chi connectivity index (χ4n) is 4.59. The first-order valence-corrected chi connectivity index (χ1v) is 10.6. The molecule has 0 radical (unpaired) electrons. The molecule has 1 atom stereocenters. The number of hydrogen-bond donors (Lipinski definition) is 3. The van der Waals surface area contributed by atoms with E-state index in [4.69, 9.17) is 10.7 Å². The third-order valence-electron chi connectivity index (χ3n) is 6.45. The lowest BCUT2D eigenvalue weighted by Crippen LogP contribution is -2.53. The van der Waals surface area contributed by atoms with Crippen LogP contribution in [0.3, 0.4) is 0 Å². The van der Waals surface area contributed by atoms with Gasteiger partial charge in [0.25, 0.3) is 0 Å². The summed E-state index contributed by atoms with van der Waals surface area (Å²) in [5.74, 6) is 1.11. The minimum atomic E-state index is -0.843. The quantitative estimate of drug-likeness (QED) is 0.434. The van der Waals surface area contributed by atoms with Crippen molar-refractivity contribution in [2.24, 2.45) is 11.7 Å². The number of aldehydes is 1. The number of rotatable bonds is 7. The van der Waals surface area contributed by atoms with Crippen LogP contribution in [0.25, 0.3) is 0 Å². The zero-order valence-electron chi connectivity index (χ0n) is 17.3. The Morgan fingerprint density at radius 1 is 1.42 bits per heavy atom. The van der Waals surface area contributed by atoms with Gasteiger partial charge < -0.3 is 16.0 Å². The van der Waals surface area contributed by atoms with E-state index in [0.717, 1.165) is 30.0 Å². The Kier molecular flexibility index (Phi) is 4.93. The molecule has 5 rings (SSSR count). The predicted molar refractivity (Wildman–Crippen MR) is 112 cm³/mol. The van der Waals surface area contributed by atoms with E-state index in [1.807, 2.05) is 6.07 Å². The van der Waals surface area contributed by atoms with E-state index >= 15 is 0 Å². The van der Waals surface area contributed by atoms with Crippen LogP contribution in [0, 0.1) is 5.92 Å². The lowest BCUT2D eigenvalue weighted by atomic mass is 9.77. The Hall–Kier alpha value is -3.27. The van der Waals surface area contributed by atoms with Gasteiger partial charge in [-0.25, -0.2) is 9.97 Å². The Bertz CT molecular complexity index is 1020. The first kappa shape index (κ1) is 19.7. The van der Waals surface area contributed by atoms with Crippen molar-refractivity contribution in [2.75, 3.05) is 25.0 Å². The maximum atomic E-state index is 13.7. The molecule has 2 aromatic rings. The summed E-state index contributed by atoms with van der Waals surface area (Å²) in [5.41, 5.74) is 7.57. The maximum absolute atomic E-state index is 13.7. The fraction of sp³-hybridized carbons (Fsp3) is 0.476. The largest absolute Gasteiger partial charge is 0.403 e. The normalized spacial score (nSPS) is 23.9. The van der Waals surface area contributed by atoms with Crippen molar-refractivity contribution in [1.29, 1.82) is 0 Å². The SMILES string of the molecule is N/C=C(\C=O)N1Cc2cnc(NCC3CC3)nc2C2(CCN(Cc3ccn[nH]3)C2)C1=O. The summed E-state index contributed by atoms with van der Waals surface area (Å²) in [5, 5.41) is 10.3. The molecule has 1 unspecified atom stereocenters. The van der Waals surface area contributed by atoms with Crippen LogP contribution in [0.5, 0.6) is 0 Å². The second-order valence-corrected chi connectivity index (χ2v) is 8.62. The topological polar surface area (TPSA) is 133 Å². The Balaban J connectivity index is 1.50. The van der Waals surface area contributed by atoms with Crippen LogP contribution in [0.1, 0.15) is 36.2 Å². The molecule has 2 aliphatic heterocycles. The summed E-state index contributed by atoms with van der Waals surface area (Å²) in [7, 11) is 0. The van der Waals surface area contributed by atoms with E-state index in [1.54, 1.807) is 12.4 Å². The highest BCUT2D eigenvalue weighted by molar-refractivity contribution is 5.95. The second kappa shape index (κ2) is 7.77. The van der Waals surface area contributed by atoms with Gasteiger partial charge in [0, 0.05) is 56.0 Å². The number of aromatic amines is 1. The van der Waals surface area contributed by atoms with E-state index in [1.165, 1.54) is 23.9 Å². The highest BCUT2D eigenvalue weighted by atomic mass is 16.2. The van der Waals surface area contributed by atoms with Crippen LogP contribution < -0.4 is 11.1 Å². The van der Waals surface area contributed by atoms with Gasteiger partial charge in [-0.3, -0.25) is 19.6 Å². The molecule has 162 valence electrons. The highest BCUT2D eigenvalue weighted by Crippen LogP contribution is 2.42. The molecule has 4 heterocycles. The summed E-state index contributed by atoms with van der Waals surface area (Å²) in [6.07, 6.45) is 8.38. The Morgan fingerprint density at radius 3 is 3.00 bits per heavy atom. The zero-order chi connectivity index (χ0) is 21.4. The number of hydrogen-bond acceptors (Lipinski definition) is 8. The number of H-pyrrole nitrogens is 1. The molecule has 2 fully saturated rings. The predicted octanol–water partition coefficient (Wildman–Crippen LogP) is 0.506. The van der Waals surface area contributed by atoms with Crippen molar-refractivity contribution in [1.82, 2.24) is 30.0 Å². The lowest BCUT2D eigenvalue weighted by molar-refractivity contribution is -0.138. The minimum Gasteiger partial charge on any atom is -0.403 e. The van der Waals surface area contributed by atoms with Crippen molar-refractivity contribution in [3.05, 3.63) is 47.3 Å². The van der Waals surface area contributed by atoms with Gasteiger partial charge in [0.05, 0.1) is 17.9 Å². The van der Waals surface area contributed by atoms with Crippen molar-refractivity contribution in [3.8, 4) is 0 Å². The first-order valence-electron chi connectivity index (χ1n) is 10.6.